The Balaban J connectivity index is 1.90. The number of hydrogen-bond donors (Lipinski definition) is 1. The molecule has 1 unspecified atom stereocenters. The van der Waals surface area contributed by atoms with Crippen molar-refractivity contribution in [3.8, 4) is 11.4 Å². The molecule has 1 saturated heterocycles. The first-order valence-electron chi connectivity index (χ1n) is 7.25. The van der Waals surface area contributed by atoms with Crippen molar-refractivity contribution in [2.24, 2.45) is 13.0 Å². The molecule has 3 heterocycles. The van der Waals surface area contributed by atoms with Gasteiger partial charge >= 0.3 is 0 Å². The molecule has 0 amide bonds. The lowest BCUT2D eigenvalue weighted by Crippen LogP contribution is -2.31. The van der Waals surface area contributed by atoms with E-state index in [1.165, 1.54) is 12.8 Å². The summed E-state index contributed by atoms with van der Waals surface area (Å²) in [6, 6.07) is 0. The molecule has 20 heavy (non-hydrogen) atoms. The van der Waals surface area contributed by atoms with Gasteiger partial charge in [0, 0.05) is 19.4 Å². The van der Waals surface area contributed by atoms with Crippen LogP contribution in [0.5, 0.6) is 0 Å². The van der Waals surface area contributed by atoms with E-state index in [4.69, 9.17) is 0 Å². The molecular weight excluding hydrogens is 250 g/mol. The van der Waals surface area contributed by atoms with Crippen molar-refractivity contribution < 1.29 is 0 Å². The Labute approximate surface area is 119 Å². The van der Waals surface area contributed by atoms with Crippen LogP contribution in [0, 0.1) is 12.8 Å². The van der Waals surface area contributed by atoms with E-state index in [0.29, 0.717) is 5.92 Å². The van der Waals surface area contributed by atoms with Gasteiger partial charge in [0.05, 0.1) is 17.6 Å². The standard InChI is InChI=1S/C15H21N5/c1-11-19-10-14(20(11)2)15-13(17-6-7-18-15)8-12-4-3-5-16-9-12/h6-7,10,12,16H,3-5,8-9H2,1-2H3. The zero-order valence-corrected chi connectivity index (χ0v) is 12.1. The highest BCUT2D eigenvalue weighted by atomic mass is 15.1. The van der Waals surface area contributed by atoms with Gasteiger partial charge in [0.2, 0.25) is 0 Å². The lowest BCUT2D eigenvalue weighted by molar-refractivity contribution is 0.373. The zero-order chi connectivity index (χ0) is 13.9. The predicted molar refractivity (Wildman–Crippen MR) is 78.3 cm³/mol. The monoisotopic (exact) mass is 271 g/mol. The number of nitrogens with zero attached hydrogens (tertiary/aromatic N) is 4. The van der Waals surface area contributed by atoms with Gasteiger partial charge in [0.15, 0.2) is 0 Å². The fourth-order valence-electron chi connectivity index (χ4n) is 2.82. The van der Waals surface area contributed by atoms with E-state index in [-0.39, 0.29) is 0 Å². The quantitative estimate of drug-likeness (QED) is 0.923. The smallest absolute Gasteiger partial charge is 0.110 e. The Bertz CT molecular complexity index is 584. The number of imidazole rings is 1. The molecule has 5 nitrogen and oxygen atoms in total. The maximum Gasteiger partial charge on any atom is 0.110 e. The Hall–Kier alpha value is -1.75. The fourth-order valence-corrected chi connectivity index (χ4v) is 2.82. The molecule has 1 atom stereocenters. The van der Waals surface area contributed by atoms with E-state index in [1.807, 2.05) is 20.2 Å². The molecular formula is C15H21N5. The molecule has 1 aliphatic heterocycles. The van der Waals surface area contributed by atoms with Gasteiger partial charge in [-0.2, -0.15) is 0 Å². The number of hydrogen-bond acceptors (Lipinski definition) is 4. The van der Waals surface area contributed by atoms with Crippen LogP contribution in [0.25, 0.3) is 11.4 Å². The predicted octanol–water partition coefficient (Wildman–Crippen LogP) is 1.73. The third-order valence-electron chi connectivity index (χ3n) is 4.12. The summed E-state index contributed by atoms with van der Waals surface area (Å²) in [6.07, 6.45) is 8.96. The second kappa shape index (κ2) is 5.71. The number of rotatable bonds is 3. The largest absolute Gasteiger partial charge is 0.330 e. The van der Waals surface area contributed by atoms with Crippen molar-refractivity contribution in [1.29, 1.82) is 0 Å². The summed E-state index contributed by atoms with van der Waals surface area (Å²) < 4.78 is 2.08. The molecule has 0 saturated carbocycles. The molecule has 5 heteroatoms. The van der Waals surface area contributed by atoms with Crippen LogP contribution in [0.2, 0.25) is 0 Å². The van der Waals surface area contributed by atoms with Gasteiger partial charge in [-0.05, 0) is 45.2 Å². The minimum Gasteiger partial charge on any atom is -0.330 e. The van der Waals surface area contributed by atoms with E-state index < -0.39 is 0 Å². The molecule has 0 bridgehead atoms. The zero-order valence-electron chi connectivity index (χ0n) is 12.1. The fraction of sp³-hybridized carbons (Fsp3) is 0.533. The van der Waals surface area contributed by atoms with E-state index in [0.717, 1.165) is 42.4 Å². The van der Waals surface area contributed by atoms with E-state index in [1.54, 1.807) is 12.4 Å². The van der Waals surface area contributed by atoms with Gasteiger partial charge in [0.25, 0.3) is 0 Å². The molecule has 0 aliphatic carbocycles. The van der Waals surface area contributed by atoms with Crippen LogP contribution in [0.1, 0.15) is 24.4 Å². The highest BCUT2D eigenvalue weighted by Gasteiger charge is 2.18. The first kappa shape index (κ1) is 13.2. The SMILES string of the molecule is Cc1ncc(-c2nccnc2CC2CCCNC2)n1C. The van der Waals surface area contributed by atoms with Crippen LogP contribution in [-0.4, -0.2) is 32.6 Å². The molecule has 3 rings (SSSR count). The van der Waals surface area contributed by atoms with Gasteiger partial charge in [-0.25, -0.2) is 4.98 Å². The van der Waals surface area contributed by atoms with Crippen molar-refractivity contribution in [3.05, 3.63) is 30.1 Å². The summed E-state index contributed by atoms with van der Waals surface area (Å²) >= 11 is 0. The maximum atomic E-state index is 4.57. The Morgan fingerprint density at radius 1 is 1.30 bits per heavy atom. The van der Waals surface area contributed by atoms with Crippen LogP contribution in [-0.2, 0) is 13.5 Å². The van der Waals surface area contributed by atoms with Crippen LogP contribution in [0.4, 0.5) is 0 Å². The lowest BCUT2D eigenvalue weighted by Gasteiger charge is -2.22. The van der Waals surface area contributed by atoms with Crippen molar-refractivity contribution in [3.63, 3.8) is 0 Å². The first-order valence-corrected chi connectivity index (χ1v) is 7.25. The van der Waals surface area contributed by atoms with Crippen LogP contribution >= 0.6 is 0 Å². The highest BCUT2D eigenvalue weighted by molar-refractivity contribution is 5.57. The Morgan fingerprint density at radius 3 is 2.85 bits per heavy atom. The van der Waals surface area contributed by atoms with Crippen molar-refractivity contribution >= 4 is 0 Å². The molecule has 2 aromatic rings. The molecule has 0 aromatic carbocycles. The summed E-state index contributed by atoms with van der Waals surface area (Å²) in [5.41, 5.74) is 3.11. The second-order valence-corrected chi connectivity index (χ2v) is 5.52. The first-order chi connectivity index (χ1) is 9.75. The Morgan fingerprint density at radius 2 is 2.15 bits per heavy atom. The second-order valence-electron chi connectivity index (χ2n) is 5.52. The van der Waals surface area contributed by atoms with Gasteiger partial charge in [-0.1, -0.05) is 0 Å². The van der Waals surface area contributed by atoms with Crippen molar-refractivity contribution in [2.75, 3.05) is 13.1 Å². The summed E-state index contributed by atoms with van der Waals surface area (Å²) in [7, 11) is 2.03. The van der Waals surface area contributed by atoms with E-state index in [9.17, 15) is 0 Å². The topological polar surface area (TPSA) is 55.6 Å². The third-order valence-corrected chi connectivity index (χ3v) is 4.12. The number of nitrogens with one attached hydrogen (secondary N) is 1. The van der Waals surface area contributed by atoms with Crippen LogP contribution in [0.3, 0.4) is 0 Å². The van der Waals surface area contributed by atoms with E-state index in [2.05, 4.69) is 24.8 Å². The molecule has 1 aliphatic rings. The van der Waals surface area contributed by atoms with Gasteiger partial charge in [0.1, 0.15) is 11.5 Å². The van der Waals surface area contributed by atoms with Gasteiger partial charge in [-0.15, -0.1) is 0 Å². The normalized spacial score (nSPS) is 19.2. The van der Waals surface area contributed by atoms with Crippen molar-refractivity contribution in [2.45, 2.75) is 26.2 Å². The molecule has 2 aromatic heterocycles. The number of aromatic nitrogens is 4. The third kappa shape index (κ3) is 2.58. The lowest BCUT2D eigenvalue weighted by atomic mass is 9.93. The number of piperidine rings is 1. The summed E-state index contributed by atoms with van der Waals surface area (Å²) in [6.45, 7) is 4.23. The van der Waals surface area contributed by atoms with Crippen molar-refractivity contribution in [1.82, 2.24) is 24.8 Å². The van der Waals surface area contributed by atoms with Crippen LogP contribution < -0.4 is 5.32 Å². The minimum atomic E-state index is 0.661. The maximum absolute atomic E-state index is 4.57. The summed E-state index contributed by atoms with van der Waals surface area (Å²) in [5, 5.41) is 3.46. The van der Waals surface area contributed by atoms with Crippen LogP contribution in [0.15, 0.2) is 18.6 Å². The molecule has 1 N–H and O–H groups in total. The summed E-state index contributed by atoms with van der Waals surface area (Å²) in [5.74, 6) is 1.66. The van der Waals surface area contributed by atoms with Gasteiger partial charge < -0.3 is 9.88 Å². The molecule has 1 fully saturated rings. The Kier molecular flexibility index (Phi) is 3.78. The minimum absolute atomic E-state index is 0.661. The highest BCUT2D eigenvalue weighted by Crippen LogP contribution is 2.24. The van der Waals surface area contributed by atoms with Gasteiger partial charge in [-0.3, -0.25) is 9.97 Å². The molecule has 106 valence electrons. The number of aryl methyl sites for hydroxylation is 1. The summed E-state index contributed by atoms with van der Waals surface area (Å²) in [4.78, 5) is 13.5. The average Bonchev–Trinajstić information content (AvgIpc) is 2.81. The average molecular weight is 271 g/mol. The molecule has 0 radical (unpaired) electrons. The molecule has 0 spiro atoms. The van der Waals surface area contributed by atoms with E-state index >= 15 is 0 Å².